The van der Waals surface area contributed by atoms with E-state index in [1.165, 1.54) is 0 Å². The Balaban J connectivity index is 1.76. The fraction of sp³-hybridized carbons (Fsp3) is 0.444. The molecule has 2 aromatic heterocycles. The Morgan fingerprint density at radius 3 is 2.58 bits per heavy atom. The molecule has 1 aliphatic carbocycles. The number of rotatable bonds is 6. The van der Waals surface area contributed by atoms with Crippen LogP contribution in [0.2, 0.25) is 0 Å². The van der Waals surface area contributed by atoms with Crippen LogP contribution in [0.4, 0.5) is 5.82 Å². The molecule has 6 nitrogen and oxygen atoms in total. The summed E-state index contributed by atoms with van der Waals surface area (Å²) in [6.45, 7) is 4.34. The first-order valence-electron chi connectivity index (χ1n) is 8.66. The molecule has 0 spiro atoms. The maximum atomic E-state index is 5.44. The highest BCUT2D eigenvalue weighted by molar-refractivity contribution is 5.98. The maximum Gasteiger partial charge on any atom is 0.279 e. The zero-order valence-electron chi connectivity index (χ0n) is 14.0. The van der Waals surface area contributed by atoms with Gasteiger partial charge in [0.2, 0.25) is 0 Å². The minimum atomic E-state index is 0.387. The molecule has 1 N–H and O–H groups in total. The minimum Gasteiger partial charge on any atom is -0.365 e. The van der Waals surface area contributed by atoms with E-state index in [1.807, 2.05) is 18.2 Å². The lowest BCUT2D eigenvalue weighted by Crippen LogP contribution is -2.18. The molecule has 0 bridgehead atoms. The summed E-state index contributed by atoms with van der Waals surface area (Å²) in [6, 6.07) is 8.47. The van der Waals surface area contributed by atoms with Gasteiger partial charge in [0.05, 0.1) is 0 Å². The molecule has 0 atom stereocenters. The van der Waals surface area contributed by atoms with Gasteiger partial charge in [-0.05, 0) is 25.7 Å². The molecule has 0 unspecified atom stereocenters. The molecule has 1 aromatic carbocycles. The van der Waals surface area contributed by atoms with Crippen LogP contribution in [-0.2, 0) is 0 Å². The van der Waals surface area contributed by atoms with Gasteiger partial charge < -0.3 is 9.84 Å². The standard InChI is InChI=1S/C18H21N5O/c1-3-12(4-2)19-17-14-8-6-5-7-13(14)15(21-22-17)18-20-16(23-24-18)11-9-10-11/h5-8,11-12H,3-4,9-10H2,1-2H3,(H,19,22). The van der Waals surface area contributed by atoms with Crippen molar-refractivity contribution in [2.45, 2.75) is 51.5 Å². The molecule has 6 heteroatoms. The fourth-order valence-corrected chi connectivity index (χ4v) is 2.89. The molecule has 4 rings (SSSR count). The van der Waals surface area contributed by atoms with Crippen molar-refractivity contribution in [1.29, 1.82) is 0 Å². The zero-order valence-corrected chi connectivity index (χ0v) is 14.0. The average Bonchev–Trinajstić information content (AvgIpc) is 3.37. The van der Waals surface area contributed by atoms with Crippen molar-refractivity contribution >= 4 is 16.6 Å². The SMILES string of the molecule is CCC(CC)Nc1nnc(-c2nc(C3CC3)no2)c2ccccc12. The second-order valence-electron chi connectivity index (χ2n) is 6.33. The van der Waals surface area contributed by atoms with Crippen LogP contribution >= 0.6 is 0 Å². The summed E-state index contributed by atoms with van der Waals surface area (Å²) < 4.78 is 5.44. The van der Waals surface area contributed by atoms with Crippen LogP contribution in [-0.4, -0.2) is 26.4 Å². The van der Waals surface area contributed by atoms with Crippen LogP contribution in [0, 0.1) is 0 Å². The smallest absolute Gasteiger partial charge is 0.279 e. The lowest BCUT2D eigenvalue weighted by atomic mass is 10.1. The maximum absolute atomic E-state index is 5.44. The van der Waals surface area contributed by atoms with E-state index in [2.05, 4.69) is 45.6 Å². The van der Waals surface area contributed by atoms with Gasteiger partial charge in [0.1, 0.15) is 0 Å². The highest BCUT2D eigenvalue weighted by Crippen LogP contribution is 2.39. The van der Waals surface area contributed by atoms with E-state index < -0.39 is 0 Å². The number of hydrogen-bond acceptors (Lipinski definition) is 6. The first-order chi connectivity index (χ1) is 11.8. The second kappa shape index (κ2) is 6.19. The van der Waals surface area contributed by atoms with Gasteiger partial charge in [-0.15, -0.1) is 10.2 Å². The molecule has 1 saturated carbocycles. The van der Waals surface area contributed by atoms with Crippen molar-refractivity contribution in [3.8, 4) is 11.6 Å². The third-order valence-electron chi connectivity index (χ3n) is 4.60. The van der Waals surface area contributed by atoms with E-state index in [9.17, 15) is 0 Å². The molecule has 0 aliphatic heterocycles. The summed E-state index contributed by atoms with van der Waals surface area (Å²) in [7, 11) is 0. The normalized spacial score (nSPS) is 14.5. The van der Waals surface area contributed by atoms with Gasteiger partial charge in [0.25, 0.3) is 5.89 Å². The number of fused-ring (bicyclic) bond motifs is 1. The van der Waals surface area contributed by atoms with Crippen molar-refractivity contribution in [2.75, 3.05) is 5.32 Å². The molecule has 24 heavy (non-hydrogen) atoms. The quantitative estimate of drug-likeness (QED) is 0.734. The topological polar surface area (TPSA) is 76.7 Å². The van der Waals surface area contributed by atoms with Gasteiger partial charge in [-0.3, -0.25) is 0 Å². The van der Waals surface area contributed by atoms with E-state index in [0.29, 0.717) is 23.5 Å². The summed E-state index contributed by atoms with van der Waals surface area (Å²) >= 11 is 0. The molecule has 2 heterocycles. The Bertz CT molecular complexity index is 851. The largest absolute Gasteiger partial charge is 0.365 e. The van der Waals surface area contributed by atoms with Crippen LogP contribution in [0.5, 0.6) is 0 Å². The van der Waals surface area contributed by atoms with Gasteiger partial charge in [0.15, 0.2) is 17.3 Å². The number of nitrogens with zero attached hydrogens (tertiary/aromatic N) is 4. The van der Waals surface area contributed by atoms with E-state index in [0.717, 1.165) is 48.1 Å². The number of benzene rings is 1. The Morgan fingerprint density at radius 1 is 1.12 bits per heavy atom. The predicted molar refractivity (Wildman–Crippen MR) is 92.8 cm³/mol. The predicted octanol–water partition coefficient (Wildman–Crippen LogP) is 4.16. The number of hydrogen-bond donors (Lipinski definition) is 1. The monoisotopic (exact) mass is 323 g/mol. The summed E-state index contributed by atoms with van der Waals surface area (Å²) in [5.74, 6) is 2.51. The molecule has 0 saturated heterocycles. The molecule has 1 fully saturated rings. The number of nitrogens with one attached hydrogen (secondary N) is 1. The average molecular weight is 323 g/mol. The van der Waals surface area contributed by atoms with E-state index in [4.69, 9.17) is 4.52 Å². The van der Waals surface area contributed by atoms with Crippen LogP contribution in [0.15, 0.2) is 28.8 Å². The zero-order chi connectivity index (χ0) is 16.5. The van der Waals surface area contributed by atoms with E-state index >= 15 is 0 Å². The lowest BCUT2D eigenvalue weighted by molar-refractivity contribution is 0.421. The van der Waals surface area contributed by atoms with Crippen molar-refractivity contribution in [3.05, 3.63) is 30.1 Å². The molecular formula is C18H21N5O. The van der Waals surface area contributed by atoms with Crippen molar-refractivity contribution < 1.29 is 4.52 Å². The molecular weight excluding hydrogens is 302 g/mol. The highest BCUT2D eigenvalue weighted by atomic mass is 16.5. The van der Waals surface area contributed by atoms with Crippen molar-refractivity contribution in [3.63, 3.8) is 0 Å². The molecule has 0 amide bonds. The Kier molecular flexibility index (Phi) is 3.88. The van der Waals surface area contributed by atoms with Gasteiger partial charge in [-0.1, -0.05) is 43.3 Å². The van der Waals surface area contributed by atoms with Crippen LogP contribution in [0.3, 0.4) is 0 Å². The third-order valence-corrected chi connectivity index (χ3v) is 4.60. The second-order valence-corrected chi connectivity index (χ2v) is 6.33. The molecule has 124 valence electrons. The van der Waals surface area contributed by atoms with Gasteiger partial charge in [-0.25, -0.2) is 0 Å². The Labute approximate surface area is 140 Å². The third kappa shape index (κ3) is 2.72. The van der Waals surface area contributed by atoms with E-state index in [1.54, 1.807) is 0 Å². The molecule has 3 aromatic rings. The fourth-order valence-electron chi connectivity index (χ4n) is 2.89. The van der Waals surface area contributed by atoms with Gasteiger partial charge >= 0.3 is 0 Å². The van der Waals surface area contributed by atoms with Crippen LogP contribution in [0.1, 0.15) is 51.3 Å². The first-order valence-corrected chi connectivity index (χ1v) is 8.66. The Hall–Kier alpha value is -2.50. The summed E-state index contributed by atoms with van der Waals surface area (Å²) in [5, 5.41) is 18.4. The number of aromatic nitrogens is 4. The van der Waals surface area contributed by atoms with Gasteiger partial charge in [-0.2, -0.15) is 4.98 Å². The number of anilines is 1. The molecule has 0 radical (unpaired) electrons. The van der Waals surface area contributed by atoms with Crippen LogP contribution in [0.25, 0.3) is 22.4 Å². The van der Waals surface area contributed by atoms with Gasteiger partial charge in [0, 0.05) is 22.7 Å². The Morgan fingerprint density at radius 2 is 1.88 bits per heavy atom. The molecule has 1 aliphatic rings. The highest BCUT2D eigenvalue weighted by Gasteiger charge is 2.29. The van der Waals surface area contributed by atoms with E-state index in [-0.39, 0.29) is 0 Å². The van der Waals surface area contributed by atoms with Crippen LogP contribution < -0.4 is 5.32 Å². The first kappa shape index (κ1) is 15.1. The lowest BCUT2D eigenvalue weighted by Gasteiger charge is -2.16. The van der Waals surface area contributed by atoms with Crippen molar-refractivity contribution in [2.24, 2.45) is 0 Å². The summed E-state index contributed by atoms with van der Waals surface area (Å²) in [6.07, 6.45) is 4.37. The summed E-state index contributed by atoms with van der Waals surface area (Å²) in [5.41, 5.74) is 0.653. The summed E-state index contributed by atoms with van der Waals surface area (Å²) in [4.78, 5) is 4.51. The minimum absolute atomic E-state index is 0.387. The van der Waals surface area contributed by atoms with Crippen molar-refractivity contribution in [1.82, 2.24) is 20.3 Å².